The Hall–Kier alpha value is -3.34. The fourth-order valence-electron chi connectivity index (χ4n) is 3.50. The van der Waals surface area contributed by atoms with Crippen LogP contribution in [0.4, 0.5) is 0 Å². The SMILES string of the molecule is Cc1cc(C=C2SC(=S)NC2=O)c(C)n1-c1ccc(OCc2ccccc2C#N)cc1. The zero-order valence-corrected chi connectivity index (χ0v) is 18.6. The number of hydrogen-bond donors (Lipinski definition) is 1. The summed E-state index contributed by atoms with van der Waals surface area (Å²) in [7, 11) is 0. The number of ether oxygens (including phenoxy) is 1. The Kier molecular flexibility index (Phi) is 5.94. The van der Waals surface area contributed by atoms with Gasteiger partial charge in [0.2, 0.25) is 0 Å². The first-order chi connectivity index (χ1) is 15.0. The van der Waals surface area contributed by atoms with E-state index in [0.717, 1.165) is 34.0 Å². The summed E-state index contributed by atoms with van der Waals surface area (Å²) in [5, 5.41) is 11.9. The maximum atomic E-state index is 12.0. The lowest BCUT2D eigenvalue weighted by Crippen LogP contribution is -2.17. The molecular weight excluding hydrogens is 426 g/mol. The van der Waals surface area contributed by atoms with Crippen LogP contribution in [-0.4, -0.2) is 14.8 Å². The molecule has 2 heterocycles. The number of carbonyl (C=O) groups excluding carboxylic acids is 1. The summed E-state index contributed by atoms with van der Waals surface area (Å²) < 4.78 is 8.49. The fraction of sp³-hybridized carbons (Fsp3) is 0.125. The molecule has 154 valence electrons. The number of aryl methyl sites for hydroxylation is 1. The van der Waals surface area contributed by atoms with Crippen molar-refractivity contribution in [2.24, 2.45) is 0 Å². The molecule has 7 heteroatoms. The third-order valence-corrected chi connectivity index (χ3v) is 6.19. The first kappa shape index (κ1) is 20.9. The Balaban J connectivity index is 1.54. The van der Waals surface area contributed by atoms with Crippen LogP contribution in [0.15, 0.2) is 59.5 Å². The Morgan fingerprint density at radius 1 is 1.19 bits per heavy atom. The predicted octanol–water partition coefficient (Wildman–Crippen LogP) is 5.03. The summed E-state index contributed by atoms with van der Waals surface area (Å²) in [6.07, 6.45) is 1.88. The molecule has 0 unspecified atom stereocenters. The number of hydrogen-bond acceptors (Lipinski definition) is 5. The molecule has 1 N–H and O–H groups in total. The minimum atomic E-state index is -0.153. The van der Waals surface area contributed by atoms with Crippen molar-refractivity contribution in [2.45, 2.75) is 20.5 Å². The molecule has 1 aromatic heterocycles. The number of benzene rings is 2. The zero-order chi connectivity index (χ0) is 22.0. The largest absolute Gasteiger partial charge is 0.489 e. The number of amides is 1. The van der Waals surface area contributed by atoms with E-state index in [1.807, 2.05) is 62.4 Å². The van der Waals surface area contributed by atoms with Gasteiger partial charge in [-0.15, -0.1) is 0 Å². The number of thiocarbonyl (C=S) groups is 1. The van der Waals surface area contributed by atoms with E-state index in [4.69, 9.17) is 17.0 Å². The zero-order valence-electron chi connectivity index (χ0n) is 17.0. The van der Waals surface area contributed by atoms with Crippen LogP contribution in [0.2, 0.25) is 0 Å². The van der Waals surface area contributed by atoms with Crippen LogP contribution < -0.4 is 10.1 Å². The highest BCUT2D eigenvalue weighted by atomic mass is 32.2. The fourth-order valence-corrected chi connectivity index (χ4v) is 4.54. The second-order valence-corrected chi connectivity index (χ2v) is 8.78. The quantitative estimate of drug-likeness (QED) is 0.441. The predicted molar refractivity (Wildman–Crippen MR) is 127 cm³/mol. The van der Waals surface area contributed by atoms with Gasteiger partial charge in [-0.05, 0) is 61.9 Å². The van der Waals surface area contributed by atoms with Gasteiger partial charge in [-0.2, -0.15) is 5.26 Å². The molecule has 3 aromatic rings. The first-order valence-electron chi connectivity index (χ1n) is 9.61. The molecule has 1 fully saturated rings. The van der Waals surface area contributed by atoms with Crippen LogP contribution in [-0.2, 0) is 11.4 Å². The van der Waals surface area contributed by atoms with Crippen LogP contribution in [0, 0.1) is 25.2 Å². The lowest BCUT2D eigenvalue weighted by atomic mass is 10.1. The van der Waals surface area contributed by atoms with Gasteiger partial charge >= 0.3 is 0 Å². The molecule has 1 aliphatic heterocycles. The van der Waals surface area contributed by atoms with E-state index in [2.05, 4.69) is 22.0 Å². The van der Waals surface area contributed by atoms with Gasteiger partial charge in [-0.25, -0.2) is 0 Å². The van der Waals surface area contributed by atoms with Crippen molar-refractivity contribution in [3.05, 3.63) is 87.6 Å². The molecular formula is C24H19N3O2S2. The van der Waals surface area contributed by atoms with Gasteiger partial charge in [-0.1, -0.05) is 42.2 Å². The van der Waals surface area contributed by atoms with Crippen molar-refractivity contribution < 1.29 is 9.53 Å². The summed E-state index contributed by atoms with van der Waals surface area (Å²) in [6, 6.07) is 19.5. The van der Waals surface area contributed by atoms with Crippen LogP contribution in [0.25, 0.3) is 11.8 Å². The molecule has 0 atom stereocenters. The molecule has 4 rings (SSSR count). The average Bonchev–Trinajstić information content (AvgIpc) is 3.23. The van der Waals surface area contributed by atoms with Gasteiger partial charge in [0.1, 0.15) is 16.7 Å². The van der Waals surface area contributed by atoms with Gasteiger partial charge in [0.25, 0.3) is 5.91 Å². The lowest BCUT2D eigenvalue weighted by Gasteiger charge is -2.12. The van der Waals surface area contributed by atoms with E-state index in [1.165, 1.54) is 11.8 Å². The van der Waals surface area contributed by atoms with E-state index in [1.54, 1.807) is 6.07 Å². The molecule has 2 aromatic carbocycles. The van der Waals surface area contributed by atoms with Gasteiger partial charge in [0.05, 0.1) is 16.5 Å². The number of rotatable bonds is 5. The summed E-state index contributed by atoms with van der Waals surface area (Å²) in [4.78, 5) is 12.6. The van der Waals surface area contributed by atoms with E-state index in [0.29, 0.717) is 21.4 Å². The van der Waals surface area contributed by atoms with E-state index >= 15 is 0 Å². The third kappa shape index (κ3) is 4.41. The maximum Gasteiger partial charge on any atom is 0.263 e. The minimum absolute atomic E-state index is 0.153. The number of thioether (sulfide) groups is 1. The molecule has 0 aliphatic carbocycles. The molecule has 0 saturated carbocycles. The summed E-state index contributed by atoms with van der Waals surface area (Å²) in [6.45, 7) is 4.40. The third-order valence-electron chi connectivity index (χ3n) is 5.03. The second-order valence-electron chi connectivity index (χ2n) is 7.07. The van der Waals surface area contributed by atoms with Crippen LogP contribution in [0.1, 0.15) is 28.1 Å². The molecule has 31 heavy (non-hydrogen) atoms. The molecule has 0 bridgehead atoms. The first-order valence-corrected chi connectivity index (χ1v) is 10.8. The highest BCUT2D eigenvalue weighted by Gasteiger charge is 2.23. The Morgan fingerprint density at radius 3 is 2.61 bits per heavy atom. The van der Waals surface area contributed by atoms with Crippen molar-refractivity contribution >= 4 is 40.3 Å². The number of nitrogens with zero attached hydrogens (tertiary/aromatic N) is 2. The molecule has 0 spiro atoms. The summed E-state index contributed by atoms with van der Waals surface area (Å²) >= 11 is 6.35. The van der Waals surface area contributed by atoms with Crippen molar-refractivity contribution in [3.63, 3.8) is 0 Å². The Bertz CT molecular complexity index is 1250. The van der Waals surface area contributed by atoms with Crippen LogP contribution in [0.3, 0.4) is 0 Å². The number of nitriles is 1. The van der Waals surface area contributed by atoms with Crippen molar-refractivity contribution in [1.29, 1.82) is 5.26 Å². The Labute approximate surface area is 190 Å². The van der Waals surface area contributed by atoms with Crippen LogP contribution >= 0.6 is 24.0 Å². The Morgan fingerprint density at radius 2 is 1.94 bits per heavy atom. The van der Waals surface area contributed by atoms with Crippen molar-refractivity contribution in [2.75, 3.05) is 0 Å². The lowest BCUT2D eigenvalue weighted by molar-refractivity contribution is -0.115. The summed E-state index contributed by atoms with van der Waals surface area (Å²) in [5.41, 5.74) is 5.56. The monoisotopic (exact) mass is 445 g/mol. The summed E-state index contributed by atoms with van der Waals surface area (Å²) in [5.74, 6) is 0.577. The highest BCUT2D eigenvalue weighted by molar-refractivity contribution is 8.26. The number of aromatic nitrogens is 1. The molecule has 0 radical (unpaired) electrons. The topological polar surface area (TPSA) is 67.1 Å². The average molecular weight is 446 g/mol. The molecule has 1 amide bonds. The van der Waals surface area contributed by atoms with E-state index in [-0.39, 0.29) is 5.91 Å². The van der Waals surface area contributed by atoms with Crippen LogP contribution in [0.5, 0.6) is 5.75 Å². The second kappa shape index (κ2) is 8.80. The molecule has 5 nitrogen and oxygen atoms in total. The van der Waals surface area contributed by atoms with Gasteiger partial charge < -0.3 is 14.6 Å². The number of carbonyl (C=O) groups is 1. The number of nitrogens with one attached hydrogen (secondary N) is 1. The molecule has 1 saturated heterocycles. The highest BCUT2D eigenvalue weighted by Crippen LogP contribution is 2.29. The van der Waals surface area contributed by atoms with Gasteiger partial charge in [0.15, 0.2) is 0 Å². The van der Waals surface area contributed by atoms with Crippen molar-refractivity contribution in [1.82, 2.24) is 9.88 Å². The van der Waals surface area contributed by atoms with E-state index in [9.17, 15) is 10.1 Å². The van der Waals surface area contributed by atoms with E-state index < -0.39 is 0 Å². The normalized spacial score (nSPS) is 14.5. The standard InChI is InChI=1S/C24H19N3O2S2/c1-15-11-19(12-22-23(28)26-24(30)31-22)16(2)27(15)20-7-9-21(10-8-20)29-14-18-6-4-3-5-17(18)13-25/h3-12H,14H2,1-2H3,(H,26,28,30). The van der Waals surface area contributed by atoms with Gasteiger partial charge in [0, 0.05) is 22.6 Å². The van der Waals surface area contributed by atoms with Gasteiger partial charge in [-0.3, -0.25) is 4.79 Å². The van der Waals surface area contributed by atoms with Crippen molar-refractivity contribution in [3.8, 4) is 17.5 Å². The smallest absolute Gasteiger partial charge is 0.263 e. The minimum Gasteiger partial charge on any atom is -0.489 e. The molecule has 1 aliphatic rings. The maximum absolute atomic E-state index is 12.0.